The normalized spacial score (nSPS) is 14.4. The zero-order chi connectivity index (χ0) is 24.3. The second-order valence-corrected chi connectivity index (χ2v) is 9.88. The second kappa shape index (κ2) is 9.90. The van der Waals surface area contributed by atoms with E-state index in [2.05, 4.69) is 23.5 Å². The van der Waals surface area contributed by atoms with Crippen molar-refractivity contribution in [3.8, 4) is 11.1 Å². The van der Waals surface area contributed by atoms with Gasteiger partial charge in [-0.15, -0.1) is 0 Å². The van der Waals surface area contributed by atoms with Gasteiger partial charge in [-0.05, 0) is 54.0 Å². The van der Waals surface area contributed by atoms with Crippen molar-refractivity contribution in [2.75, 3.05) is 5.32 Å². The number of fused-ring (bicyclic) bond motifs is 2. The molecule has 0 spiro atoms. The smallest absolute Gasteiger partial charge is 0.326 e. The van der Waals surface area contributed by atoms with Gasteiger partial charge in [0.1, 0.15) is 0 Å². The van der Waals surface area contributed by atoms with Crippen LogP contribution in [0, 0.1) is 0 Å². The maximum Gasteiger partial charge on any atom is 0.351 e. The van der Waals surface area contributed by atoms with Crippen LogP contribution in [0.15, 0.2) is 72.5 Å². The summed E-state index contributed by atoms with van der Waals surface area (Å²) in [5.74, 6) is 1.02. The predicted molar refractivity (Wildman–Crippen MR) is 139 cm³/mol. The van der Waals surface area contributed by atoms with Crippen molar-refractivity contribution in [2.24, 2.45) is 0 Å². The monoisotopic (exact) mass is 474 g/mol. The maximum atomic E-state index is 12.4. The van der Waals surface area contributed by atoms with E-state index < -0.39 is 7.60 Å². The number of amides is 1. The molecule has 4 rings (SSSR count). The van der Waals surface area contributed by atoms with Crippen LogP contribution in [0.4, 0.5) is 5.69 Å². The molecule has 0 fully saturated rings. The minimum absolute atomic E-state index is 0.157. The van der Waals surface area contributed by atoms with Gasteiger partial charge in [0, 0.05) is 29.4 Å². The third-order valence-electron chi connectivity index (χ3n) is 5.55. The molecular weight excluding hydrogens is 447 g/mol. The summed E-state index contributed by atoms with van der Waals surface area (Å²) in [5, 5.41) is 5.87. The largest absolute Gasteiger partial charge is 0.351 e. The number of aromatic nitrogens is 1. The van der Waals surface area contributed by atoms with Crippen LogP contribution >= 0.6 is 7.60 Å². The number of rotatable bonds is 7. The summed E-state index contributed by atoms with van der Waals surface area (Å²) in [6.45, 7) is 5.12. The number of nitrogens with zero attached hydrogens (tertiary/aromatic N) is 1. The first-order valence-electron chi connectivity index (χ1n) is 11.2. The molecule has 2 atom stereocenters. The van der Waals surface area contributed by atoms with Gasteiger partial charge < -0.3 is 14.7 Å². The third kappa shape index (κ3) is 5.42. The van der Waals surface area contributed by atoms with E-state index in [1.54, 1.807) is 13.0 Å². The molecule has 0 aliphatic heterocycles. The Morgan fingerprint density at radius 1 is 1.09 bits per heavy atom. The van der Waals surface area contributed by atoms with Crippen LogP contribution < -0.4 is 5.32 Å². The number of benzene rings is 3. The highest BCUT2D eigenvalue weighted by Crippen LogP contribution is 2.46. The fraction of sp³-hybridized carbons (Fsp3) is 0.185. The van der Waals surface area contributed by atoms with Crippen molar-refractivity contribution in [1.82, 2.24) is 4.98 Å². The molecule has 0 aliphatic carbocycles. The van der Waals surface area contributed by atoms with E-state index in [-0.39, 0.29) is 12.0 Å². The van der Waals surface area contributed by atoms with Crippen LogP contribution in [0.5, 0.6) is 0 Å². The van der Waals surface area contributed by atoms with Gasteiger partial charge in [0.2, 0.25) is 5.91 Å². The topological polar surface area (TPSA) is 88.5 Å². The summed E-state index contributed by atoms with van der Waals surface area (Å²) < 4.78 is 17.6. The van der Waals surface area contributed by atoms with Gasteiger partial charge in [-0.1, -0.05) is 55.5 Å². The number of hydrogen-bond acceptors (Lipinski definition) is 4. The van der Waals surface area contributed by atoms with Crippen LogP contribution in [-0.2, 0) is 13.9 Å². The maximum absolute atomic E-state index is 12.4. The Balaban J connectivity index is 1.86. The lowest BCUT2D eigenvalue weighted by Crippen LogP contribution is -2.06. The predicted octanol–water partition coefficient (Wildman–Crippen LogP) is 6.98. The van der Waals surface area contributed by atoms with Crippen molar-refractivity contribution < 1.29 is 18.8 Å². The van der Waals surface area contributed by atoms with Gasteiger partial charge in [-0.3, -0.25) is 9.36 Å². The average Bonchev–Trinajstić information content (AvgIpc) is 2.81. The molecule has 2 N–H and O–H groups in total. The zero-order valence-electron chi connectivity index (χ0n) is 19.4. The van der Waals surface area contributed by atoms with Crippen LogP contribution in [0.3, 0.4) is 0 Å². The fourth-order valence-electron chi connectivity index (χ4n) is 3.82. The lowest BCUT2D eigenvalue weighted by atomic mass is 9.95. The molecule has 174 valence electrons. The molecule has 1 amide bonds. The summed E-state index contributed by atoms with van der Waals surface area (Å²) >= 11 is 0. The zero-order valence-corrected chi connectivity index (χ0v) is 20.3. The van der Waals surface area contributed by atoms with E-state index in [1.165, 1.54) is 18.8 Å². The van der Waals surface area contributed by atoms with Crippen molar-refractivity contribution in [3.63, 3.8) is 0 Å². The standard InChI is InChI=1S/C27H27N2O4P/c1-4-18(2)33-34(31,32)15-14-22-13-12-21-16-23(28-19(3)30)17-26(27(21)29-22)25-11-7-9-20-8-5-6-10-24(20)25/h5-18H,4H2,1-3H3,(H,28,30)(H,31,32). The molecule has 1 heterocycles. The number of nitrogens with one attached hydrogen (secondary N) is 1. The molecular formula is C27H27N2O4P. The van der Waals surface area contributed by atoms with Crippen molar-refractivity contribution >= 4 is 46.9 Å². The van der Waals surface area contributed by atoms with E-state index in [4.69, 9.17) is 9.51 Å². The Hall–Kier alpha value is -3.31. The van der Waals surface area contributed by atoms with Crippen molar-refractivity contribution in [2.45, 2.75) is 33.3 Å². The van der Waals surface area contributed by atoms with Crippen LogP contribution in [0.25, 0.3) is 38.9 Å². The summed E-state index contributed by atoms with van der Waals surface area (Å²) in [4.78, 5) is 26.7. The van der Waals surface area contributed by atoms with Gasteiger partial charge >= 0.3 is 7.60 Å². The minimum Gasteiger partial charge on any atom is -0.326 e. The number of hydrogen-bond donors (Lipinski definition) is 2. The highest BCUT2D eigenvalue weighted by atomic mass is 31.2. The molecule has 0 saturated heterocycles. The average molecular weight is 474 g/mol. The lowest BCUT2D eigenvalue weighted by Gasteiger charge is -2.14. The van der Waals surface area contributed by atoms with Gasteiger partial charge in [-0.25, -0.2) is 4.98 Å². The number of carbonyl (C=O) groups is 1. The first kappa shape index (κ1) is 23.8. The first-order chi connectivity index (χ1) is 16.3. The summed E-state index contributed by atoms with van der Waals surface area (Å²) in [7, 11) is -3.89. The SMILES string of the molecule is CCC(C)OP(=O)(O)C=Cc1ccc2cc(NC(C)=O)cc(-c3cccc4ccccc34)c2n1. The third-order valence-corrected chi connectivity index (χ3v) is 6.74. The van der Waals surface area contributed by atoms with Gasteiger partial charge in [0.15, 0.2) is 0 Å². The molecule has 0 bridgehead atoms. The van der Waals surface area contributed by atoms with E-state index in [9.17, 15) is 14.3 Å². The van der Waals surface area contributed by atoms with Crippen molar-refractivity contribution in [3.05, 3.63) is 78.2 Å². The van der Waals surface area contributed by atoms with Gasteiger partial charge in [0.25, 0.3) is 0 Å². The fourth-order valence-corrected chi connectivity index (χ4v) is 4.90. The van der Waals surface area contributed by atoms with Gasteiger partial charge in [-0.2, -0.15) is 0 Å². The minimum atomic E-state index is -3.89. The Kier molecular flexibility index (Phi) is 6.94. The molecule has 3 aromatic carbocycles. The lowest BCUT2D eigenvalue weighted by molar-refractivity contribution is -0.114. The molecule has 0 aliphatic rings. The Labute approximate surface area is 198 Å². The van der Waals surface area contributed by atoms with E-state index in [0.717, 1.165) is 32.8 Å². The summed E-state index contributed by atoms with van der Waals surface area (Å²) in [5.41, 5.74) is 3.77. The Bertz CT molecular complexity index is 1440. The summed E-state index contributed by atoms with van der Waals surface area (Å²) in [6.07, 6.45) is 1.82. The van der Waals surface area contributed by atoms with Crippen LogP contribution in [0.2, 0.25) is 0 Å². The molecule has 4 aromatic rings. The molecule has 1 aromatic heterocycles. The highest BCUT2D eigenvalue weighted by molar-refractivity contribution is 7.56. The first-order valence-corrected chi connectivity index (χ1v) is 12.8. The van der Waals surface area contributed by atoms with Crippen LogP contribution in [0.1, 0.15) is 32.9 Å². The Morgan fingerprint density at radius 2 is 1.85 bits per heavy atom. The molecule has 7 heteroatoms. The quantitative estimate of drug-likeness (QED) is 0.282. The van der Waals surface area contributed by atoms with E-state index in [0.29, 0.717) is 17.8 Å². The summed E-state index contributed by atoms with van der Waals surface area (Å²) in [6, 6.07) is 21.6. The van der Waals surface area contributed by atoms with E-state index in [1.807, 2.05) is 49.4 Å². The molecule has 0 saturated carbocycles. The van der Waals surface area contributed by atoms with Crippen LogP contribution in [-0.4, -0.2) is 21.9 Å². The number of anilines is 1. The number of carbonyl (C=O) groups excluding carboxylic acids is 1. The highest BCUT2D eigenvalue weighted by Gasteiger charge is 2.18. The molecule has 6 nitrogen and oxygen atoms in total. The van der Waals surface area contributed by atoms with E-state index >= 15 is 0 Å². The molecule has 2 unspecified atom stereocenters. The number of pyridine rings is 1. The van der Waals surface area contributed by atoms with Crippen molar-refractivity contribution in [1.29, 1.82) is 0 Å². The van der Waals surface area contributed by atoms with Gasteiger partial charge in [0.05, 0.1) is 17.3 Å². The Morgan fingerprint density at radius 3 is 2.62 bits per heavy atom. The molecule has 34 heavy (non-hydrogen) atoms. The second-order valence-electron chi connectivity index (χ2n) is 8.24. The molecule has 0 radical (unpaired) electrons.